The zero-order chi connectivity index (χ0) is 13.9. The van der Waals surface area contributed by atoms with E-state index in [4.69, 9.17) is 5.73 Å². The molecule has 1 rings (SSSR count). The lowest BCUT2D eigenvalue weighted by molar-refractivity contribution is -0.135. The van der Waals surface area contributed by atoms with Crippen LogP contribution >= 0.6 is 0 Å². The summed E-state index contributed by atoms with van der Waals surface area (Å²) in [6.45, 7) is 5.22. The number of β-amino-alcohol motifs (C(OH)–C–C–N with tert-alkyl or cyclic N) is 1. The molecule has 1 fully saturated rings. The Kier molecular flexibility index (Phi) is 5.56. The van der Waals surface area contributed by atoms with Crippen LogP contribution in [0.15, 0.2) is 0 Å². The Bertz CT molecular complexity index is 283. The number of hydrogen-bond acceptors (Lipinski definition) is 4. The maximum Gasteiger partial charge on any atom is 0.240 e. The summed E-state index contributed by atoms with van der Waals surface area (Å²) in [5, 5.41) is 9.76. The third kappa shape index (κ3) is 3.67. The molecule has 5 nitrogen and oxygen atoms in total. The van der Waals surface area contributed by atoms with E-state index in [1.807, 2.05) is 32.8 Å². The van der Waals surface area contributed by atoms with E-state index in [9.17, 15) is 9.90 Å². The first kappa shape index (κ1) is 15.4. The Morgan fingerprint density at radius 3 is 2.67 bits per heavy atom. The predicted octanol–water partition coefficient (Wildman–Crippen LogP) is -0.117. The number of nitrogens with two attached hydrogens (primary N) is 1. The molecule has 106 valence electrons. The minimum atomic E-state index is -0.454. The van der Waals surface area contributed by atoms with Gasteiger partial charge in [-0.15, -0.1) is 0 Å². The highest BCUT2D eigenvalue weighted by molar-refractivity contribution is 5.82. The van der Waals surface area contributed by atoms with Crippen molar-refractivity contribution in [1.82, 2.24) is 9.80 Å². The number of nitrogens with zero attached hydrogens (tertiary/aromatic N) is 2. The number of carbonyl (C=O) groups excluding carboxylic acids is 1. The van der Waals surface area contributed by atoms with Crippen molar-refractivity contribution in [3.63, 3.8) is 0 Å². The molecular weight excluding hydrogens is 230 g/mol. The van der Waals surface area contributed by atoms with Crippen LogP contribution in [0, 0.1) is 5.92 Å². The van der Waals surface area contributed by atoms with Crippen molar-refractivity contribution in [3.8, 4) is 0 Å². The number of likely N-dealkylation sites (tertiary alicyclic amines) is 1. The van der Waals surface area contributed by atoms with Crippen molar-refractivity contribution < 1.29 is 9.90 Å². The Labute approximate surface area is 110 Å². The van der Waals surface area contributed by atoms with Crippen LogP contribution in [0.2, 0.25) is 0 Å². The van der Waals surface area contributed by atoms with Gasteiger partial charge in [0.2, 0.25) is 5.91 Å². The molecule has 5 heteroatoms. The van der Waals surface area contributed by atoms with Crippen molar-refractivity contribution in [2.45, 2.75) is 44.9 Å². The van der Waals surface area contributed by atoms with E-state index in [1.165, 1.54) is 0 Å². The number of amides is 1. The summed E-state index contributed by atoms with van der Waals surface area (Å²) in [5.41, 5.74) is 6.00. The third-order valence-electron chi connectivity index (χ3n) is 3.79. The minimum absolute atomic E-state index is 0.0206. The Morgan fingerprint density at radius 1 is 1.56 bits per heavy atom. The molecule has 18 heavy (non-hydrogen) atoms. The fraction of sp³-hybridized carbons (Fsp3) is 0.923. The number of aliphatic hydroxyl groups excluding tert-OH is 1. The van der Waals surface area contributed by atoms with E-state index in [1.54, 1.807) is 4.90 Å². The van der Waals surface area contributed by atoms with E-state index in [0.717, 1.165) is 13.0 Å². The summed E-state index contributed by atoms with van der Waals surface area (Å²) in [6, 6.07) is -0.373. The second kappa shape index (κ2) is 6.50. The van der Waals surface area contributed by atoms with Gasteiger partial charge < -0.3 is 20.6 Å². The molecule has 0 aliphatic carbocycles. The lowest BCUT2D eigenvalue weighted by atomic mass is 9.98. The van der Waals surface area contributed by atoms with Gasteiger partial charge in [0.25, 0.3) is 0 Å². The number of carbonyl (C=O) groups is 1. The van der Waals surface area contributed by atoms with Gasteiger partial charge in [0.15, 0.2) is 0 Å². The van der Waals surface area contributed by atoms with Crippen molar-refractivity contribution in [2.24, 2.45) is 11.7 Å². The minimum Gasteiger partial charge on any atom is -0.391 e. The van der Waals surface area contributed by atoms with Gasteiger partial charge in [-0.2, -0.15) is 0 Å². The van der Waals surface area contributed by atoms with Gasteiger partial charge in [-0.1, -0.05) is 20.3 Å². The molecular formula is C13H27N3O2. The smallest absolute Gasteiger partial charge is 0.240 e. The molecule has 0 aromatic rings. The standard InChI is InChI=1S/C13H27N3O2/c1-5-9(2)12(14)13(18)16-8-11(17)6-10(16)7-15(3)4/h9-12,17H,5-8,14H2,1-4H3/t9?,10?,11?,12-/m0/s1. The summed E-state index contributed by atoms with van der Waals surface area (Å²) < 4.78 is 0. The summed E-state index contributed by atoms with van der Waals surface area (Å²) in [5.74, 6) is 0.156. The quantitative estimate of drug-likeness (QED) is 0.720. The van der Waals surface area contributed by atoms with E-state index in [-0.39, 0.29) is 17.9 Å². The molecule has 0 spiro atoms. The Morgan fingerprint density at radius 2 is 2.17 bits per heavy atom. The van der Waals surface area contributed by atoms with Crippen LogP contribution in [0.3, 0.4) is 0 Å². The predicted molar refractivity (Wildman–Crippen MR) is 72.1 cm³/mol. The number of likely N-dealkylation sites (N-methyl/N-ethyl adjacent to an activating group) is 1. The van der Waals surface area contributed by atoms with Crippen LogP contribution in [-0.4, -0.2) is 66.2 Å². The van der Waals surface area contributed by atoms with Gasteiger partial charge in [-0.25, -0.2) is 0 Å². The summed E-state index contributed by atoms with van der Waals surface area (Å²) in [7, 11) is 3.95. The van der Waals surface area contributed by atoms with Crippen LogP contribution in [0.25, 0.3) is 0 Å². The average molecular weight is 257 g/mol. The van der Waals surface area contributed by atoms with Gasteiger partial charge in [0.05, 0.1) is 12.1 Å². The Balaban J connectivity index is 2.70. The fourth-order valence-electron chi connectivity index (χ4n) is 2.45. The normalized spacial score (nSPS) is 27.6. The van der Waals surface area contributed by atoms with Crippen LogP contribution in [0.5, 0.6) is 0 Å². The van der Waals surface area contributed by atoms with Crippen molar-refractivity contribution in [2.75, 3.05) is 27.2 Å². The number of aliphatic hydroxyl groups is 1. The molecule has 4 atom stereocenters. The highest BCUT2D eigenvalue weighted by Gasteiger charge is 2.37. The first-order valence-corrected chi connectivity index (χ1v) is 6.75. The van der Waals surface area contributed by atoms with Gasteiger partial charge >= 0.3 is 0 Å². The molecule has 0 radical (unpaired) electrons. The van der Waals surface area contributed by atoms with E-state index < -0.39 is 12.1 Å². The van der Waals surface area contributed by atoms with Crippen molar-refractivity contribution >= 4 is 5.91 Å². The number of hydrogen-bond donors (Lipinski definition) is 2. The molecule has 0 aromatic heterocycles. The molecule has 0 aromatic carbocycles. The molecule has 1 heterocycles. The van der Waals surface area contributed by atoms with Crippen LogP contribution in [0.1, 0.15) is 26.7 Å². The topological polar surface area (TPSA) is 69.8 Å². The van der Waals surface area contributed by atoms with Crippen LogP contribution in [0.4, 0.5) is 0 Å². The molecule has 0 saturated carbocycles. The second-order valence-electron chi connectivity index (χ2n) is 5.71. The van der Waals surface area contributed by atoms with E-state index in [2.05, 4.69) is 0 Å². The maximum absolute atomic E-state index is 12.4. The van der Waals surface area contributed by atoms with E-state index >= 15 is 0 Å². The van der Waals surface area contributed by atoms with E-state index in [0.29, 0.717) is 13.0 Å². The lowest BCUT2D eigenvalue weighted by Gasteiger charge is -2.30. The highest BCUT2D eigenvalue weighted by Crippen LogP contribution is 2.21. The first-order chi connectivity index (χ1) is 8.36. The molecule has 3 unspecified atom stereocenters. The monoisotopic (exact) mass is 257 g/mol. The molecule has 1 aliphatic heterocycles. The molecule has 1 saturated heterocycles. The SMILES string of the molecule is CCC(C)[C@H](N)C(=O)N1CC(O)CC1CN(C)C. The highest BCUT2D eigenvalue weighted by atomic mass is 16.3. The fourth-order valence-corrected chi connectivity index (χ4v) is 2.45. The molecule has 3 N–H and O–H groups in total. The van der Waals surface area contributed by atoms with Gasteiger partial charge in [-0.05, 0) is 26.4 Å². The molecule has 1 amide bonds. The van der Waals surface area contributed by atoms with Crippen molar-refractivity contribution in [1.29, 1.82) is 0 Å². The van der Waals surface area contributed by atoms with Gasteiger partial charge in [-0.3, -0.25) is 4.79 Å². The van der Waals surface area contributed by atoms with Crippen molar-refractivity contribution in [3.05, 3.63) is 0 Å². The molecule has 1 aliphatic rings. The van der Waals surface area contributed by atoms with Crippen LogP contribution in [-0.2, 0) is 4.79 Å². The molecule has 0 bridgehead atoms. The van der Waals surface area contributed by atoms with Crippen LogP contribution < -0.4 is 5.73 Å². The zero-order valence-electron chi connectivity index (χ0n) is 12.0. The zero-order valence-corrected chi connectivity index (χ0v) is 12.0. The lowest BCUT2D eigenvalue weighted by Crippen LogP contribution is -2.51. The van der Waals surface area contributed by atoms with Gasteiger partial charge in [0.1, 0.15) is 0 Å². The maximum atomic E-state index is 12.4. The summed E-state index contributed by atoms with van der Waals surface area (Å²) in [4.78, 5) is 16.2. The summed E-state index contributed by atoms with van der Waals surface area (Å²) in [6.07, 6.45) is 1.13. The second-order valence-corrected chi connectivity index (χ2v) is 5.71. The Hall–Kier alpha value is -0.650. The summed E-state index contributed by atoms with van der Waals surface area (Å²) >= 11 is 0. The average Bonchev–Trinajstić information content (AvgIpc) is 2.66. The first-order valence-electron chi connectivity index (χ1n) is 6.75. The van der Waals surface area contributed by atoms with Gasteiger partial charge in [0, 0.05) is 19.1 Å². The third-order valence-corrected chi connectivity index (χ3v) is 3.79. The number of rotatable bonds is 5. The largest absolute Gasteiger partial charge is 0.391 e.